The van der Waals surface area contributed by atoms with Gasteiger partial charge in [0, 0.05) is 23.7 Å². The second-order valence-corrected chi connectivity index (χ2v) is 6.57. The molecule has 1 fully saturated rings. The lowest BCUT2D eigenvalue weighted by atomic mass is 10.1. The molecule has 1 heterocycles. The van der Waals surface area contributed by atoms with Crippen LogP contribution in [0.1, 0.15) is 10.4 Å². The summed E-state index contributed by atoms with van der Waals surface area (Å²) in [4.78, 5) is 15.1. The van der Waals surface area contributed by atoms with E-state index >= 15 is 0 Å². The fraction of sp³-hybridized carbons (Fsp3) is 0.350. The molecule has 1 saturated heterocycles. The molecule has 3 rings (SSSR count). The summed E-state index contributed by atoms with van der Waals surface area (Å²) < 4.78 is 21.4. The molecular weight excluding hydrogens is 384 g/mol. The highest BCUT2D eigenvalue weighted by atomic mass is 35.5. The van der Waals surface area contributed by atoms with E-state index in [0.29, 0.717) is 46.7 Å². The molecule has 1 aliphatic heterocycles. The Morgan fingerprint density at radius 3 is 2.25 bits per heavy atom. The lowest BCUT2D eigenvalue weighted by molar-refractivity contribution is 0.102. The molecule has 2 aromatic carbocycles. The minimum atomic E-state index is -0.309. The third kappa shape index (κ3) is 4.26. The highest BCUT2D eigenvalue weighted by Crippen LogP contribution is 2.38. The molecule has 28 heavy (non-hydrogen) atoms. The second-order valence-electron chi connectivity index (χ2n) is 6.13. The number of hydrogen-bond donors (Lipinski definition) is 1. The van der Waals surface area contributed by atoms with Crippen molar-refractivity contribution in [1.82, 2.24) is 0 Å². The Kier molecular flexibility index (Phi) is 6.49. The van der Waals surface area contributed by atoms with E-state index in [1.54, 1.807) is 24.3 Å². The van der Waals surface area contributed by atoms with E-state index in [1.165, 1.54) is 21.3 Å². The van der Waals surface area contributed by atoms with Crippen LogP contribution in [0.15, 0.2) is 30.3 Å². The number of nitrogens with one attached hydrogen (secondary N) is 1. The number of rotatable bonds is 6. The molecule has 0 spiro atoms. The zero-order chi connectivity index (χ0) is 20.1. The fourth-order valence-electron chi connectivity index (χ4n) is 3.10. The molecule has 1 amide bonds. The largest absolute Gasteiger partial charge is 0.493 e. The Hall–Kier alpha value is -2.64. The number of amides is 1. The first-order chi connectivity index (χ1) is 13.6. The predicted octanol–water partition coefficient (Wildman–Crippen LogP) is 3.45. The number of carbonyl (C=O) groups is 1. The first-order valence-corrected chi connectivity index (χ1v) is 9.18. The van der Waals surface area contributed by atoms with E-state index in [-0.39, 0.29) is 5.91 Å². The summed E-state index contributed by atoms with van der Waals surface area (Å²) in [5.74, 6) is 0.937. The van der Waals surface area contributed by atoms with Crippen molar-refractivity contribution in [3.8, 4) is 17.2 Å². The van der Waals surface area contributed by atoms with Crippen LogP contribution in [0.3, 0.4) is 0 Å². The summed E-state index contributed by atoms with van der Waals surface area (Å²) in [7, 11) is 4.53. The van der Waals surface area contributed by atoms with Crippen LogP contribution >= 0.6 is 11.6 Å². The van der Waals surface area contributed by atoms with E-state index in [2.05, 4.69) is 10.2 Å². The molecular formula is C20H23ClN2O5. The molecule has 0 radical (unpaired) electrons. The van der Waals surface area contributed by atoms with Crippen LogP contribution in [0.25, 0.3) is 0 Å². The van der Waals surface area contributed by atoms with Gasteiger partial charge in [0.25, 0.3) is 5.91 Å². The summed E-state index contributed by atoms with van der Waals surface area (Å²) in [5.41, 5.74) is 1.91. The van der Waals surface area contributed by atoms with Gasteiger partial charge in [-0.1, -0.05) is 11.6 Å². The van der Waals surface area contributed by atoms with Gasteiger partial charge in [-0.3, -0.25) is 4.79 Å². The van der Waals surface area contributed by atoms with Crippen LogP contribution in [0, 0.1) is 0 Å². The Labute approximate surface area is 169 Å². The third-order valence-electron chi connectivity index (χ3n) is 4.49. The van der Waals surface area contributed by atoms with Crippen LogP contribution < -0.4 is 24.4 Å². The van der Waals surface area contributed by atoms with E-state index in [0.717, 1.165) is 18.8 Å². The van der Waals surface area contributed by atoms with Gasteiger partial charge in [-0.25, -0.2) is 0 Å². The van der Waals surface area contributed by atoms with Gasteiger partial charge in [0.15, 0.2) is 11.5 Å². The third-order valence-corrected chi connectivity index (χ3v) is 4.72. The highest BCUT2D eigenvalue weighted by Gasteiger charge is 2.20. The smallest absolute Gasteiger partial charge is 0.255 e. The fourth-order valence-corrected chi connectivity index (χ4v) is 3.27. The van der Waals surface area contributed by atoms with Gasteiger partial charge in [-0.15, -0.1) is 0 Å². The van der Waals surface area contributed by atoms with E-state index < -0.39 is 0 Å². The lowest BCUT2D eigenvalue weighted by Crippen LogP contribution is -2.36. The number of carbonyl (C=O) groups excluding carboxylic acids is 1. The van der Waals surface area contributed by atoms with Crippen LogP contribution in [-0.4, -0.2) is 53.5 Å². The molecule has 0 atom stereocenters. The van der Waals surface area contributed by atoms with Gasteiger partial charge in [0.2, 0.25) is 5.75 Å². The van der Waals surface area contributed by atoms with Crippen LogP contribution in [0.4, 0.5) is 11.4 Å². The van der Waals surface area contributed by atoms with Crippen LogP contribution in [0.2, 0.25) is 5.02 Å². The Balaban J connectivity index is 1.92. The maximum atomic E-state index is 12.9. The summed E-state index contributed by atoms with van der Waals surface area (Å²) >= 11 is 6.17. The Morgan fingerprint density at radius 1 is 1.04 bits per heavy atom. The number of anilines is 2. The molecule has 0 saturated carbocycles. The SMILES string of the molecule is COc1cc(C(=O)Nc2cc(Cl)ccc2N2CCOCC2)cc(OC)c1OC. The Morgan fingerprint density at radius 2 is 1.68 bits per heavy atom. The van der Waals surface area contributed by atoms with Gasteiger partial charge in [0.1, 0.15) is 0 Å². The molecule has 1 aliphatic rings. The highest BCUT2D eigenvalue weighted by molar-refractivity contribution is 6.31. The number of hydrogen-bond acceptors (Lipinski definition) is 6. The zero-order valence-corrected chi connectivity index (χ0v) is 16.8. The van der Waals surface area contributed by atoms with Crippen molar-refractivity contribution in [1.29, 1.82) is 0 Å². The van der Waals surface area contributed by atoms with Crippen LogP contribution in [0.5, 0.6) is 17.2 Å². The maximum absolute atomic E-state index is 12.9. The normalized spacial score (nSPS) is 13.8. The average Bonchev–Trinajstić information content (AvgIpc) is 2.73. The predicted molar refractivity (Wildman–Crippen MR) is 109 cm³/mol. The minimum Gasteiger partial charge on any atom is -0.493 e. The molecule has 1 N–H and O–H groups in total. The maximum Gasteiger partial charge on any atom is 0.255 e. The molecule has 0 aliphatic carbocycles. The van der Waals surface area contributed by atoms with Crippen molar-refractivity contribution in [3.05, 3.63) is 40.9 Å². The van der Waals surface area contributed by atoms with Gasteiger partial charge in [-0.2, -0.15) is 0 Å². The first kappa shape index (κ1) is 20.1. The van der Waals surface area contributed by atoms with Gasteiger partial charge in [-0.05, 0) is 30.3 Å². The molecule has 0 aromatic heterocycles. The summed E-state index contributed by atoms with van der Waals surface area (Å²) in [5, 5.41) is 3.49. The van der Waals surface area contributed by atoms with Gasteiger partial charge < -0.3 is 29.2 Å². The molecule has 0 unspecified atom stereocenters. The van der Waals surface area contributed by atoms with Gasteiger partial charge in [0.05, 0.1) is 45.9 Å². The Bertz CT molecular complexity index is 827. The molecule has 7 nitrogen and oxygen atoms in total. The standard InChI is InChI=1S/C20H23ClN2O5/c1-25-17-10-13(11-18(26-2)19(17)27-3)20(24)22-15-12-14(21)4-5-16(15)23-6-8-28-9-7-23/h4-5,10-12H,6-9H2,1-3H3,(H,22,24). The topological polar surface area (TPSA) is 69.3 Å². The van der Waals surface area contributed by atoms with Crippen LogP contribution in [-0.2, 0) is 4.74 Å². The average molecular weight is 407 g/mol. The van der Waals surface area contributed by atoms with Gasteiger partial charge >= 0.3 is 0 Å². The van der Waals surface area contributed by atoms with Crippen molar-refractivity contribution in [2.75, 3.05) is 57.8 Å². The number of ether oxygens (including phenoxy) is 4. The van der Waals surface area contributed by atoms with Crippen molar-refractivity contribution >= 4 is 28.9 Å². The van der Waals surface area contributed by atoms with Crippen molar-refractivity contribution in [3.63, 3.8) is 0 Å². The molecule has 0 bridgehead atoms. The number of methoxy groups -OCH3 is 3. The van der Waals surface area contributed by atoms with E-state index in [1.807, 2.05) is 6.07 Å². The lowest BCUT2D eigenvalue weighted by Gasteiger charge is -2.30. The zero-order valence-electron chi connectivity index (χ0n) is 16.1. The molecule has 2 aromatic rings. The number of benzene rings is 2. The first-order valence-electron chi connectivity index (χ1n) is 8.81. The van der Waals surface area contributed by atoms with E-state index in [4.69, 9.17) is 30.5 Å². The summed E-state index contributed by atoms with van der Waals surface area (Å²) in [6.07, 6.45) is 0. The summed E-state index contributed by atoms with van der Waals surface area (Å²) in [6, 6.07) is 8.66. The summed E-state index contributed by atoms with van der Waals surface area (Å²) in [6.45, 7) is 2.77. The number of morpholine rings is 1. The molecule has 8 heteroatoms. The monoisotopic (exact) mass is 406 g/mol. The quantitative estimate of drug-likeness (QED) is 0.792. The van der Waals surface area contributed by atoms with Crippen molar-refractivity contribution in [2.24, 2.45) is 0 Å². The minimum absolute atomic E-state index is 0.309. The second kappa shape index (κ2) is 9.03. The van der Waals surface area contributed by atoms with Crippen molar-refractivity contribution < 1.29 is 23.7 Å². The van der Waals surface area contributed by atoms with Crippen molar-refractivity contribution in [2.45, 2.75) is 0 Å². The number of halogens is 1. The number of nitrogens with zero attached hydrogens (tertiary/aromatic N) is 1. The molecule has 150 valence electrons. The van der Waals surface area contributed by atoms with E-state index in [9.17, 15) is 4.79 Å².